The van der Waals surface area contributed by atoms with E-state index in [1.54, 1.807) is 6.07 Å². The van der Waals surface area contributed by atoms with E-state index in [1.165, 1.54) is 42.2 Å². The Bertz CT molecular complexity index is 1070. The lowest BCUT2D eigenvalue weighted by molar-refractivity contribution is -0.384. The number of benzene rings is 2. The lowest BCUT2D eigenvalue weighted by atomic mass is 10.2. The van der Waals surface area contributed by atoms with Crippen molar-refractivity contribution in [2.24, 2.45) is 5.10 Å². The Balaban J connectivity index is 1.49. The molecule has 0 saturated carbocycles. The molecule has 0 aliphatic carbocycles. The van der Waals surface area contributed by atoms with Crippen molar-refractivity contribution >= 4 is 29.6 Å². The second-order valence-electron chi connectivity index (χ2n) is 6.33. The van der Waals surface area contributed by atoms with E-state index in [-0.39, 0.29) is 12.3 Å². The number of thioether (sulfide) groups is 1. The standard InChI is InChI=1S/C21H19N5O4S/c1-15-11-20(24-21(23-15)31-14-17-5-3-2-4-6-17)30-13-19(27)25-22-12-16-7-9-18(10-8-16)26(28)29/h2-12H,13-14H2,1H3,(H,25,27). The summed E-state index contributed by atoms with van der Waals surface area (Å²) in [5.41, 5.74) is 4.82. The van der Waals surface area contributed by atoms with Crippen LogP contribution in [0.15, 0.2) is 70.9 Å². The second kappa shape index (κ2) is 10.8. The van der Waals surface area contributed by atoms with Gasteiger partial charge in [-0.15, -0.1) is 0 Å². The molecule has 0 bridgehead atoms. The summed E-state index contributed by atoms with van der Waals surface area (Å²) < 4.78 is 5.46. The molecule has 1 aromatic heterocycles. The molecule has 1 heterocycles. The van der Waals surface area contributed by atoms with Gasteiger partial charge in [-0.1, -0.05) is 42.1 Å². The SMILES string of the molecule is Cc1cc(OCC(=O)NN=Cc2ccc([N+](=O)[O-])cc2)nc(SCc2ccccc2)n1. The molecule has 0 aliphatic rings. The first-order valence-electron chi connectivity index (χ1n) is 9.21. The highest BCUT2D eigenvalue weighted by atomic mass is 32.2. The Morgan fingerprint density at radius 2 is 1.94 bits per heavy atom. The number of ether oxygens (including phenoxy) is 1. The van der Waals surface area contributed by atoms with E-state index in [2.05, 4.69) is 20.5 Å². The highest BCUT2D eigenvalue weighted by Crippen LogP contribution is 2.22. The molecule has 0 fully saturated rings. The van der Waals surface area contributed by atoms with Crippen LogP contribution in [0.25, 0.3) is 0 Å². The number of nitro benzene ring substituents is 1. The third-order valence-electron chi connectivity index (χ3n) is 3.88. The molecule has 1 amide bonds. The predicted octanol–water partition coefficient (Wildman–Crippen LogP) is 3.51. The third-order valence-corrected chi connectivity index (χ3v) is 4.80. The number of hydrogen-bond acceptors (Lipinski definition) is 8. The highest BCUT2D eigenvalue weighted by Gasteiger charge is 2.08. The first kappa shape index (κ1) is 21.9. The van der Waals surface area contributed by atoms with Crippen LogP contribution >= 0.6 is 11.8 Å². The summed E-state index contributed by atoms with van der Waals surface area (Å²) in [6, 6.07) is 17.4. The minimum Gasteiger partial charge on any atom is -0.467 e. The molecule has 10 heteroatoms. The molecule has 31 heavy (non-hydrogen) atoms. The van der Waals surface area contributed by atoms with Gasteiger partial charge in [0.05, 0.1) is 11.1 Å². The Morgan fingerprint density at radius 1 is 1.19 bits per heavy atom. The zero-order valence-corrected chi connectivity index (χ0v) is 17.4. The summed E-state index contributed by atoms with van der Waals surface area (Å²) in [5, 5.41) is 15.0. The first-order valence-corrected chi connectivity index (χ1v) is 10.2. The summed E-state index contributed by atoms with van der Waals surface area (Å²) in [7, 11) is 0. The van der Waals surface area contributed by atoms with Crippen LogP contribution in [0.2, 0.25) is 0 Å². The highest BCUT2D eigenvalue weighted by molar-refractivity contribution is 7.98. The number of hydrogen-bond donors (Lipinski definition) is 1. The van der Waals surface area contributed by atoms with Gasteiger partial charge in [-0.25, -0.2) is 10.4 Å². The van der Waals surface area contributed by atoms with Crippen molar-refractivity contribution in [1.29, 1.82) is 0 Å². The van der Waals surface area contributed by atoms with Crippen LogP contribution in [0, 0.1) is 17.0 Å². The van der Waals surface area contributed by atoms with Crippen molar-refractivity contribution in [3.05, 3.63) is 87.6 Å². The Kier molecular flexibility index (Phi) is 7.66. The summed E-state index contributed by atoms with van der Waals surface area (Å²) >= 11 is 1.48. The molecule has 1 N–H and O–H groups in total. The van der Waals surface area contributed by atoms with Crippen LogP contribution in [-0.2, 0) is 10.5 Å². The Hall–Kier alpha value is -3.79. The van der Waals surface area contributed by atoms with Crippen LogP contribution in [0.3, 0.4) is 0 Å². The average molecular weight is 437 g/mol. The molecule has 9 nitrogen and oxygen atoms in total. The quantitative estimate of drug-likeness (QED) is 0.179. The smallest absolute Gasteiger partial charge is 0.278 e. The normalized spacial score (nSPS) is 10.7. The summed E-state index contributed by atoms with van der Waals surface area (Å²) in [6.07, 6.45) is 1.38. The fourth-order valence-electron chi connectivity index (χ4n) is 2.41. The van der Waals surface area contributed by atoms with Crippen molar-refractivity contribution in [3.8, 4) is 5.88 Å². The maximum Gasteiger partial charge on any atom is 0.278 e. The summed E-state index contributed by atoms with van der Waals surface area (Å²) in [5.74, 6) is 0.562. The molecule has 0 spiro atoms. The van der Waals surface area contributed by atoms with Crippen LogP contribution in [0.1, 0.15) is 16.8 Å². The monoisotopic (exact) mass is 437 g/mol. The van der Waals surface area contributed by atoms with Gasteiger partial charge in [-0.2, -0.15) is 10.1 Å². The molecule has 3 aromatic rings. The van der Waals surface area contributed by atoms with E-state index < -0.39 is 10.8 Å². The van der Waals surface area contributed by atoms with Crippen molar-refractivity contribution in [3.63, 3.8) is 0 Å². The van der Waals surface area contributed by atoms with Gasteiger partial charge in [0.15, 0.2) is 11.8 Å². The van der Waals surface area contributed by atoms with Crippen molar-refractivity contribution in [1.82, 2.24) is 15.4 Å². The minimum absolute atomic E-state index is 0.0176. The third kappa shape index (κ3) is 7.19. The first-order chi connectivity index (χ1) is 15.0. The molecule has 3 rings (SSSR count). The van der Waals surface area contributed by atoms with Gasteiger partial charge in [-0.3, -0.25) is 14.9 Å². The molecule has 0 radical (unpaired) electrons. The lowest BCUT2D eigenvalue weighted by Gasteiger charge is -2.07. The van der Waals surface area contributed by atoms with Crippen molar-refractivity contribution in [2.45, 2.75) is 17.8 Å². The van der Waals surface area contributed by atoms with Gasteiger partial charge in [0.1, 0.15) is 0 Å². The van der Waals surface area contributed by atoms with Crippen molar-refractivity contribution in [2.75, 3.05) is 6.61 Å². The molecule has 0 saturated heterocycles. The van der Waals surface area contributed by atoms with Gasteiger partial charge >= 0.3 is 0 Å². The molecular formula is C21H19N5O4S. The van der Waals surface area contributed by atoms with Gasteiger partial charge in [0.2, 0.25) is 5.88 Å². The minimum atomic E-state index is -0.486. The van der Waals surface area contributed by atoms with E-state index in [0.29, 0.717) is 16.6 Å². The van der Waals surface area contributed by atoms with E-state index in [0.717, 1.165) is 17.0 Å². The Labute approximate surface area is 182 Å². The van der Waals surface area contributed by atoms with Gasteiger partial charge in [0.25, 0.3) is 11.6 Å². The van der Waals surface area contributed by atoms with Gasteiger partial charge in [-0.05, 0) is 30.2 Å². The van der Waals surface area contributed by atoms with Crippen LogP contribution < -0.4 is 10.2 Å². The number of nitro groups is 1. The number of aromatic nitrogens is 2. The van der Waals surface area contributed by atoms with Crippen LogP contribution in [-0.4, -0.2) is 33.6 Å². The predicted molar refractivity (Wildman–Crippen MR) is 117 cm³/mol. The topological polar surface area (TPSA) is 120 Å². The molecule has 0 unspecified atom stereocenters. The summed E-state index contributed by atoms with van der Waals surface area (Å²) in [6.45, 7) is 1.56. The zero-order chi connectivity index (χ0) is 22.1. The Morgan fingerprint density at radius 3 is 2.65 bits per heavy atom. The van der Waals surface area contributed by atoms with E-state index in [9.17, 15) is 14.9 Å². The number of carbonyl (C=O) groups excluding carboxylic acids is 1. The number of nitrogens with zero attached hydrogens (tertiary/aromatic N) is 4. The maximum atomic E-state index is 11.9. The number of rotatable bonds is 9. The molecule has 0 aliphatic heterocycles. The molecule has 2 aromatic carbocycles. The molecular weight excluding hydrogens is 418 g/mol. The van der Waals surface area contributed by atoms with Gasteiger partial charge in [0, 0.05) is 29.6 Å². The number of aryl methyl sites for hydroxylation is 1. The van der Waals surface area contributed by atoms with E-state index >= 15 is 0 Å². The number of non-ortho nitro benzene ring substituents is 1. The largest absolute Gasteiger partial charge is 0.467 e. The number of carbonyl (C=O) groups is 1. The molecule has 0 atom stereocenters. The lowest BCUT2D eigenvalue weighted by Crippen LogP contribution is -2.24. The van der Waals surface area contributed by atoms with Gasteiger partial charge < -0.3 is 4.74 Å². The second-order valence-corrected chi connectivity index (χ2v) is 7.28. The van der Waals surface area contributed by atoms with Crippen LogP contribution in [0.4, 0.5) is 5.69 Å². The number of hydrazone groups is 1. The number of amides is 1. The maximum absolute atomic E-state index is 11.9. The summed E-state index contributed by atoms with van der Waals surface area (Å²) in [4.78, 5) is 30.8. The fraction of sp³-hybridized carbons (Fsp3) is 0.143. The zero-order valence-electron chi connectivity index (χ0n) is 16.6. The van der Waals surface area contributed by atoms with Crippen LogP contribution in [0.5, 0.6) is 5.88 Å². The number of nitrogens with one attached hydrogen (secondary N) is 1. The molecule has 158 valence electrons. The fourth-order valence-corrected chi connectivity index (χ4v) is 3.26. The van der Waals surface area contributed by atoms with E-state index in [1.807, 2.05) is 37.3 Å². The van der Waals surface area contributed by atoms with E-state index in [4.69, 9.17) is 4.74 Å². The average Bonchev–Trinajstić information content (AvgIpc) is 2.77. The van der Waals surface area contributed by atoms with Crippen molar-refractivity contribution < 1.29 is 14.5 Å².